The van der Waals surface area contributed by atoms with Gasteiger partial charge in [-0.1, -0.05) is 11.6 Å². The Morgan fingerprint density at radius 2 is 1.97 bits per heavy atom. The topological polar surface area (TPSA) is 111 Å². The van der Waals surface area contributed by atoms with E-state index in [1.165, 1.54) is 12.5 Å². The molecular weight excluding hydrogens is 444 g/mol. The van der Waals surface area contributed by atoms with Crippen molar-refractivity contribution in [3.63, 3.8) is 0 Å². The molecular formula is C19H21ClF4N4O3. The van der Waals surface area contributed by atoms with Crippen LogP contribution < -0.4 is 16.0 Å². The molecule has 170 valence electrons. The van der Waals surface area contributed by atoms with Crippen molar-refractivity contribution in [2.24, 2.45) is 11.7 Å². The second-order valence-corrected chi connectivity index (χ2v) is 7.96. The number of aromatic amines is 1. The minimum atomic E-state index is -5.08. The molecule has 7 nitrogen and oxygen atoms in total. The van der Waals surface area contributed by atoms with Crippen molar-refractivity contribution < 1.29 is 32.3 Å². The van der Waals surface area contributed by atoms with Crippen LogP contribution in [0.5, 0.6) is 0 Å². The van der Waals surface area contributed by atoms with Gasteiger partial charge in [0.15, 0.2) is 0 Å². The number of aliphatic carboxylic acids is 1. The van der Waals surface area contributed by atoms with Gasteiger partial charge in [0.1, 0.15) is 5.82 Å². The van der Waals surface area contributed by atoms with E-state index in [0.29, 0.717) is 39.3 Å². The lowest BCUT2D eigenvalue weighted by atomic mass is 9.92. The maximum atomic E-state index is 14.9. The van der Waals surface area contributed by atoms with E-state index < -0.39 is 23.9 Å². The zero-order chi connectivity index (χ0) is 23.1. The first-order valence-corrected chi connectivity index (χ1v) is 9.88. The van der Waals surface area contributed by atoms with E-state index in [1.54, 1.807) is 6.92 Å². The Morgan fingerprint density at radius 3 is 2.55 bits per heavy atom. The third-order valence-corrected chi connectivity index (χ3v) is 6.09. The smallest absolute Gasteiger partial charge is 0.475 e. The van der Waals surface area contributed by atoms with Crippen LogP contribution in [-0.4, -0.2) is 53.8 Å². The minimum Gasteiger partial charge on any atom is -0.475 e. The number of halogens is 5. The Labute approximate surface area is 179 Å². The second-order valence-electron chi connectivity index (χ2n) is 7.58. The van der Waals surface area contributed by atoms with Gasteiger partial charge in [0, 0.05) is 30.2 Å². The Balaban J connectivity index is 0.000000339. The predicted molar refractivity (Wildman–Crippen MR) is 107 cm³/mol. The Morgan fingerprint density at radius 1 is 1.32 bits per heavy atom. The molecule has 0 bridgehead atoms. The summed E-state index contributed by atoms with van der Waals surface area (Å²) in [5.41, 5.74) is 7.24. The first-order valence-electron chi connectivity index (χ1n) is 9.50. The molecule has 3 heterocycles. The summed E-state index contributed by atoms with van der Waals surface area (Å²) in [6, 6.07) is 1.60. The normalized spacial score (nSPS) is 20.9. The number of nitrogens with zero attached hydrogens (tertiary/aromatic N) is 1. The fraction of sp³-hybridized carbons (Fsp3) is 0.474. The third-order valence-electron chi connectivity index (χ3n) is 5.62. The molecule has 0 spiro atoms. The number of nitrogens with one attached hydrogen (secondary N) is 2. The zero-order valence-corrected chi connectivity index (χ0v) is 17.2. The minimum absolute atomic E-state index is 0.134. The number of piperidine rings is 1. The second kappa shape index (κ2) is 8.54. The fourth-order valence-electron chi connectivity index (χ4n) is 4.15. The van der Waals surface area contributed by atoms with E-state index in [9.17, 15) is 22.4 Å². The van der Waals surface area contributed by atoms with Crippen molar-refractivity contribution in [2.75, 3.05) is 24.5 Å². The highest BCUT2D eigenvalue weighted by Gasteiger charge is 2.38. The number of alkyl halides is 3. The Bertz CT molecular complexity index is 1020. The number of rotatable bonds is 2. The summed E-state index contributed by atoms with van der Waals surface area (Å²) in [5, 5.41) is 11.6. The van der Waals surface area contributed by atoms with Gasteiger partial charge >= 0.3 is 12.1 Å². The van der Waals surface area contributed by atoms with Gasteiger partial charge in [0.05, 0.1) is 21.8 Å². The van der Waals surface area contributed by atoms with E-state index in [2.05, 4.69) is 10.3 Å². The van der Waals surface area contributed by atoms with E-state index in [4.69, 9.17) is 27.2 Å². The maximum absolute atomic E-state index is 14.9. The number of primary amides is 1. The van der Waals surface area contributed by atoms with Crippen LogP contribution in [0.25, 0.3) is 10.9 Å². The monoisotopic (exact) mass is 464 g/mol. The van der Waals surface area contributed by atoms with E-state index in [0.717, 1.165) is 26.1 Å². The maximum Gasteiger partial charge on any atom is 0.490 e. The van der Waals surface area contributed by atoms with Crippen molar-refractivity contribution in [1.29, 1.82) is 0 Å². The van der Waals surface area contributed by atoms with Gasteiger partial charge in [0.2, 0.25) is 0 Å². The first kappa shape index (κ1) is 23.1. The SMILES string of the molecule is Cc1[nH]c2c(C(N)=O)cc(F)c(N3CCC4CCNC4C3)c2c1Cl.O=C(O)C(F)(F)F. The highest BCUT2D eigenvalue weighted by atomic mass is 35.5. The number of carboxylic acids is 1. The van der Waals surface area contributed by atoms with Gasteiger partial charge in [-0.2, -0.15) is 13.2 Å². The van der Waals surface area contributed by atoms with Crippen LogP contribution in [-0.2, 0) is 4.79 Å². The molecule has 2 fully saturated rings. The summed E-state index contributed by atoms with van der Waals surface area (Å²) in [4.78, 5) is 25.7. The molecule has 1 aromatic heterocycles. The van der Waals surface area contributed by atoms with Gasteiger partial charge in [-0.3, -0.25) is 4.79 Å². The fourth-order valence-corrected chi connectivity index (χ4v) is 4.38. The lowest BCUT2D eigenvalue weighted by Crippen LogP contribution is -2.46. The van der Waals surface area contributed by atoms with Crippen LogP contribution in [0, 0.1) is 18.7 Å². The molecule has 2 saturated heterocycles. The van der Waals surface area contributed by atoms with Crippen LogP contribution in [0.2, 0.25) is 5.02 Å². The average molecular weight is 465 g/mol. The van der Waals surface area contributed by atoms with Gasteiger partial charge in [-0.15, -0.1) is 0 Å². The summed E-state index contributed by atoms with van der Waals surface area (Å²) >= 11 is 6.43. The number of benzene rings is 1. The van der Waals surface area contributed by atoms with Crippen LogP contribution in [0.1, 0.15) is 28.9 Å². The van der Waals surface area contributed by atoms with Crippen LogP contribution in [0.15, 0.2) is 6.07 Å². The summed E-state index contributed by atoms with van der Waals surface area (Å²) in [7, 11) is 0. The number of anilines is 1. The largest absolute Gasteiger partial charge is 0.490 e. The lowest BCUT2D eigenvalue weighted by Gasteiger charge is -2.37. The summed E-state index contributed by atoms with van der Waals surface area (Å²) in [5.74, 6) is -3.21. The number of carboxylic acid groups (broad SMARTS) is 1. The molecule has 0 radical (unpaired) electrons. The third kappa shape index (κ3) is 4.57. The molecule has 4 rings (SSSR count). The van der Waals surface area contributed by atoms with Gasteiger partial charge in [0.25, 0.3) is 5.91 Å². The molecule has 2 unspecified atom stereocenters. The molecule has 1 amide bonds. The van der Waals surface area contributed by atoms with Crippen LogP contribution >= 0.6 is 11.6 Å². The Hall–Kier alpha value is -2.53. The number of aryl methyl sites for hydroxylation is 1. The Kier molecular flexibility index (Phi) is 6.38. The van der Waals surface area contributed by atoms with Crippen LogP contribution in [0.4, 0.5) is 23.2 Å². The number of hydrogen-bond donors (Lipinski definition) is 4. The number of nitrogens with two attached hydrogens (primary N) is 1. The number of carbonyl (C=O) groups is 2. The predicted octanol–water partition coefficient (Wildman–Crippen LogP) is 3.19. The summed E-state index contributed by atoms with van der Waals surface area (Å²) in [6.45, 7) is 4.35. The van der Waals surface area contributed by atoms with Gasteiger partial charge in [-0.05, 0) is 38.3 Å². The van der Waals surface area contributed by atoms with Crippen molar-refractivity contribution >= 4 is 40.1 Å². The van der Waals surface area contributed by atoms with Crippen molar-refractivity contribution in [3.8, 4) is 0 Å². The molecule has 0 aliphatic carbocycles. The summed E-state index contributed by atoms with van der Waals surface area (Å²) in [6.07, 6.45) is -2.88. The molecule has 2 aromatic rings. The average Bonchev–Trinajstić information content (AvgIpc) is 3.25. The number of amides is 1. The molecule has 5 N–H and O–H groups in total. The quantitative estimate of drug-likeness (QED) is 0.510. The first-order chi connectivity index (χ1) is 14.4. The number of hydrogen-bond acceptors (Lipinski definition) is 4. The number of H-pyrrole nitrogens is 1. The molecule has 31 heavy (non-hydrogen) atoms. The molecule has 0 saturated carbocycles. The van der Waals surface area contributed by atoms with Gasteiger partial charge in [-0.25, -0.2) is 9.18 Å². The van der Waals surface area contributed by atoms with Crippen LogP contribution in [0.3, 0.4) is 0 Å². The molecule has 2 aliphatic rings. The number of carbonyl (C=O) groups excluding carboxylic acids is 1. The molecule has 2 aliphatic heterocycles. The standard InChI is InChI=1S/C17H20ClFN4O.C2HF3O2/c1-8-14(18)13-15(22-8)10(17(20)24)6-11(19)16(13)23-5-3-9-2-4-21-12(9)7-23;3-2(4,5)1(6)7/h6,9,12,21-22H,2-5,7H2,1H3,(H2,20,24);(H,6,7). The number of aromatic nitrogens is 1. The van der Waals surface area contributed by atoms with E-state index in [-0.39, 0.29) is 5.56 Å². The van der Waals surface area contributed by atoms with Crippen molar-refractivity contribution in [2.45, 2.75) is 32.0 Å². The van der Waals surface area contributed by atoms with E-state index in [1.807, 2.05) is 4.90 Å². The molecule has 12 heteroatoms. The number of fused-ring (bicyclic) bond motifs is 2. The van der Waals surface area contributed by atoms with Crippen molar-refractivity contribution in [1.82, 2.24) is 10.3 Å². The molecule has 1 aromatic carbocycles. The highest BCUT2D eigenvalue weighted by Crippen LogP contribution is 2.40. The lowest BCUT2D eigenvalue weighted by molar-refractivity contribution is -0.192. The van der Waals surface area contributed by atoms with Gasteiger partial charge < -0.3 is 26.0 Å². The highest BCUT2D eigenvalue weighted by molar-refractivity contribution is 6.38. The van der Waals surface area contributed by atoms with E-state index >= 15 is 0 Å². The van der Waals surface area contributed by atoms with Crippen molar-refractivity contribution in [3.05, 3.63) is 28.2 Å². The zero-order valence-electron chi connectivity index (χ0n) is 16.4. The summed E-state index contributed by atoms with van der Waals surface area (Å²) < 4.78 is 46.7. The molecule has 2 atom stereocenters.